The number of amides is 1. The van der Waals surface area contributed by atoms with Crippen molar-refractivity contribution in [3.63, 3.8) is 0 Å². The summed E-state index contributed by atoms with van der Waals surface area (Å²) < 4.78 is 5.42. The maximum absolute atomic E-state index is 12.1. The molecule has 0 saturated carbocycles. The van der Waals surface area contributed by atoms with Gasteiger partial charge in [0.1, 0.15) is 5.60 Å². The van der Waals surface area contributed by atoms with Crippen LogP contribution in [0.4, 0.5) is 4.79 Å². The fourth-order valence-electron chi connectivity index (χ4n) is 2.18. The van der Waals surface area contributed by atoms with Crippen LogP contribution in [0, 0.1) is 0 Å². The minimum absolute atomic E-state index is 0.245. The van der Waals surface area contributed by atoms with Crippen LogP contribution in [0.15, 0.2) is 36.2 Å². The number of piperazine rings is 1. The highest BCUT2D eigenvalue weighted by Gasteiger charge is 2.27. The molecule has 0 bridgehead atoms. The Kier molecular flexibility index (Phi) is 6.09. The van der Waals surface area contributed by atoms with Crippen molar-refractivity contribution >= 4 is 6.09 Å². The summed E-state index contributed by atoms with van der Waals surface area (Å²) in [5.41, 5.74) is 2.43. The molecule has 0 aromatic rings. The average molecular weight is 307 g/mol. The van der Waals surface area contributed by atoms with Crippen LogP contribution in [0.2, 0.25) is 0 Å². The number of hydrogen-bond donors (Lipinski definition) is 1. The van der Waals surface area contributed by atoms with Gasteiger partial charge in [0, 0.05) is 39.4 Å². The van der Waals surface area contributed by atoms with Gasteiger partial charge >= 0.3 is 6.09 Å². The van der Waals surface area contributed by atoms with Crippen LogP contribution in [0.5, 0.6) is 0 Å². The van der Waals surface area contributed by atoms with Crippen LogP contribution < -0.4 is 5.32 Å². The molecule has 1 N–H and O–H groups in total. The lowest BCUT2D eigenvalue weighted by atomic mass is 10.1. The minimum Gasteiger partial charge on any atom is -0.444 e. The first-order valence-electron chi connectivity index (χ1n) is 7.61. The molecular formula is C17H29N3O2. The molecule has 1 aliphatic rings. The molecule has 5 heteroatoms. The van der Waals surface area contributed by atoms with Gasteiger partial charge in [0.05, 0.1) is 5.70 Å². The van der Waals surface area contributed by atoms with E-state index >= 15 is 0 Å². The third-order valence-electron chi connectivity index (χ3n) is 3.38. The Morgan fingerprint density at radius 3 is 2.05 bits per heavy atom. The molecule has 0 aromatic carbocycles. The standard InChI is InChI=1S/C17H29N3O2/c1-13(2)14(3)15(12-18-7)19-8-10-20(11-9-19)16(21)22-17(4,5)6/h12,18H,1,3,8-11H2,2,4-7H3/b15-12+. The van der Waals surface area contributed by atoms with E-state index in [1.165, 1.54) is 0 Å². The van der Waals surface area contributed by atoms with E-state index in [4.69, 9.17) is 4.74 Å². The highest BCUT2D eigenvalue weighted by molar-refractivity contribution is 5.68. The fraction of sp³-hybridized carbons (Fsp3) is 0.588. The van der Waals surface area contributed by atoms with E-state index in [1.807, 2.05) is 40.9 Å². The number of ether oxygens (including phenoxy) is 1. The number of nitrogens with zero attached hydrogens (tertiary/aromatic N) is 2. The summed E-state index contributed by atoms with van der Waals surface area (Å²) in [7, 11) is 1.86. The van der Waals surface area contributed by atoms with Crippen molar-refractivity contribution in [1.82, 2.24) is 15.1 Å². The topological polar surface area (TPSA) is 44.8 Å². The van der Waals surface area contributed by atoms with E-state index in [2.05, 4.69) is 23.4 Å². The number of carbonyl (C=O) groups excluding carboxylic acids is 1. The Hall–Kier alpha value is -1.91. The van der Waals surface area contributed by atoms with E-state index in [0.29, 0.717) is 13.1 Å². The van der Waals surface area contributed by atoms with Crippen LogP contribution >= 0.6 is 0 Å². The number of allylic oxidation sites excluding steroid dienone is 1. The number of nitrogens with one attached hydrogen (secondary N) is 1. The molecule has 0 radical (unpaired) electrons. The van der Waals surface area contributed by atoms with Crippen molar-refractivity contribution in [3.8, 4) is 0 Å². The lowest BCUT2D eigenvalue weighted by Gasteiger charge is -2.38. The molecule has 1 heterocycles. The lowest BCUT2D eigenvalue weighted by Crippen LogP contribution is -2.49. The first-order valence-corrected chi connectivity index (χ1v) is 7.61. The van der Waals surface area contributed by atoms with Crippen LogP contribution in [0.25, 0.3) is 0 Å². The second kappa shape index (κ2) is 7.38. The van der Waals surface area contributed by atoms with Crippen molar-refractivity contribution in [2.45, 2.75) is 33.3 Å². The Morgan fingerprint density at radius 1 is 1.14 bits per heavy atom. The van der Waals surface area contributed by atoms with E-state index in [1.54, 1.807) is 4.90 Å². The third kappa shape index (κ3) is 5.13. The van der Waals surface area contributed by atoms with Crippen molar-refractivity contribution < 1.29 is 9.53 Å². The SMILES string of the molecule is C=C(C)C(=C)/C(=C\NC)N1CCN(C(=O)OC(C)(C)C)CC1. The lowest BCUT2D eigenvalue weighted by molar-refractivity contribution is 0.0170. The Balaban J connectivity index is 2.67. The zero-order valence-corrected chi connectivity index (χ0v) is 14.5. The van der Waals surface area contributed by atoms with Gasteiger partial charge in [0.15, 0.2) is 0 Å². The summed E-state index contributed by atoms with van der Waals surface area (Å²) in [6.45, 7) is 18.4. The highest BCUT2D eigenvalue weighted by atomic mass is 16.6. The molecule has 0 atom stereocenters. The predicted octanol–water partition coefficient (Wildman–Crippen LogP) is 2.73. The predicted molar refractivity (Wildman–Crippen MR) is 90.5 cm³/mol. The number of carbonyl (C=O) groups is 1. The zero-order chi connectivity index (χ0) is 16.9. The van der Waals surface area contributed by atoms with Gasteiger partial charge in [-0.05, 0) is 38.8 Å². The number of rotatable bonds is 4. The second-order valence-corrected chi connectivity index (χ2v) is 6.53. The van der Waals surface area contributed by atoms with Crippen LogP contribution in [-0.4, -0.2) is 54.7 Å². The Labute approximate surface area is 134 Å². The first kappa shape index (κ1) is 18.1. The van der Waals surface area contributed by atoms with E-state index < -0.39 is 5.60 Å². The van der Waals surface area contributed by atoms with Gasteiger partial charge in [-0.3, -0.25) is 0 Å². The molecule has 0 spiro atoms. The summed E-state index contributed by atoms with van der Waals surface area (Å²) in [6, 6.07) is 0. The van der Waals surface area contributed by atoms with E-state index in [9.17, 15) is 4.79 Å². The van der Waals surface area contributed by atoms with Gasteiger partial charge in [-0.2, -0.15) is 0 Å². The van der Waals surface area contributed by atoms with Gasteiger partial charge in [-0.1, -0.05) is 13.2 Å². The summed E-state index contributed by atoms with van der Waals surface area (Å²) in [5, 5.41) is 3.06. The second-order valence-electron chi connectivity index (χ2n) is 6.53. The first-order chi connectivity index (χ1) is 10.2. The van der Waals surface area contributed by atoms with Gasteiger partial charge in [0.25, 0.3) is 0 Å². The average Bonchev–Trinajstić information content (AvgIpc) is 2.42. The van der Waals surface area contributed by atoms with Crippen molar-refractivity contribution in [3.05, 3.63) is 36.2 Å². The fourth-order valence-corrected chi connectivity index (χ4v) is 2.18. The third-order valence-corrected chi connectivity index (χ3v) is 3.38. The number of hydrogen-bond acceptors (Lipinski definition) is 4. The van der Waals surface area contributed by atoms with Crippen molar-refractivity contribution in [2.75, 3.05) is 33.2 Å². The Bertz CT molecular complexity index is 467. The van der Waals surface area contributed by atoms with Gasteiger partial charge in [-0.15, -0.1) is 0 Å². The smallest absolute Gasteiger partial charge is 0.410 e. The van der Waals surface area contributed by atoms with E-state index in [-0.39, 0.29) is 6.09 Å². The molecule has 0 aliphatic carbocycles. The summed E-state index contributed by atoms with van der Waals surface area (Å²) in [6.07, 6.45) is 1.69. The molecule has 1 aliphatic heterocycles. The zero-order valence-electron chi connectivity index (χ0n) is 14.5. The molecule has 124 valence electrons. The summed E-state index contributed by atoms with van der Waals surface area (Å²) in [5.74, 6) is 0. The summed E-state index contributed by atoms with van der Waals surface area (Å²) in [4.78, 5) is 16.1. The maximum atomic E-state index is 12.1. The molecule has 1 saturated heterocycles. The van der Waals surface area contributed by atoms with Crippen molar-refractivity contribution in [2.24, 2.45) is 0 Å². The minimum atomic E-state index is -0.459. The highest BCUT2D eigenvalue weighted by Crippen LogP contribution is 2.21. The van der Waals surface area contributed by atoms with Gasteiger partial charge in [0.2, 0.25) is 0 Å². The van der Waals surface area contributed by atoms with Gasteiger partial charge < -0.3 is 19.9 Å². The van der Waals surface area contributed by atoms with Crippen LogP contribution in [0.3, 0.4) is 0 Å². The van der Waals surface area contributed by atoms with Crippen molar-refractivity contribution in [1.29, 1.82) is 0 Å². The van der Waals surface area contributed by atoms with E-state index in [0.717, 1.165) is 29.9 Å². The molecule has 22 heavy (non-hydrogen) atoms. The largest absolute Gasteiger partial charge is 0.444 e. The Morgan fingerprint density at radius 2 is 1.64 bits per heavy atom. The van der Waals surface area contributed by atoms with Crippen LogP contribution in [-0.2, 0) is 4.74 Å². The maximum Gasteiger partial charge on any atom is 0.410 e. The molecule has 1 fully saturated rings. The molecule has 1 rings (SSSR count). The molecular weight excluding hydrogens is 278 g/mol. The molecule has 5 nitrogen and oxygen atoms in total. The quantitative estimate of drug-likeness (QED) is 0.811. The molecule has 1 amide bonds. The molecule has 0 aromatic heterocycles. The molecule has 0 unspecified atom stereocenters. The normalized spacial score (nSPS) is 16.3. The van der Waals surface area contributed by atoms with Gasteiger partial charge in [-0.25, -0.2) is 4.79 Å². The monoisotopic (exact) mass is 307 g/mol. The summed E-state index contributed by atoms with van der Waals surface area (Å²) >= 11 is 0. The van der Waals surface area contributed by atoms with Crippen LogP contribution in [0.1, 0.15) is 27.7 Å².